The minimum Gasteiger partial charge on any atom is -0.388 e. The third-order valence-electron chi connectivity index (χ3n) is 2.85. The summed E-state index contributed by atoms with van der Waals surface area (Å²) in [7, 11) is 0. The van der Waals surface area contributed by atoms with Crippen molar-refractivity contribution >= 4 is 11.6 Å². The summed E-state index contributed by atoms with van der Waals surface area (Å²) in [5.74, 6) is 0.262. The molecule has 1 heterocycles. The highest BCUT2D eigenvalue weighted by atomic mass is 35.5. The number of halogens is 4. The van der Waals surface area contributed by atoms with Crippen molar-refractivity contribution in [3.8, 4) is 0 Å². The van der Waals surface area contributed by atoms with Crippen molar-refractivity contribution in [1.82, 2.24) is 4.98 Å². The second-order valence-electron chi connectivity index (χ2n) is 4.34. The Kier molecular flexibility index (Phi) is 4.99. The van der Waals surface area contributed by atoms with Crippen LogP contribution in [-0.4, -0.2) is 10.1 Å². The fraction of sp³-hybridized carbons (Fsp3) is 0.583. The number of pyridine rings is 1. The van der Waals surface area contributed by atoms with Gasteiger partial charge in [-0.25, -0.2) is 4.98 Å². The maximum Gasteiger partial charge on any atom is 0.433 e. The summed E-state index contributed by atoms with van der Waals surface area (Å²) >= 11 is 5.69. The van der Waals surface area contributed by atoms with Crippen LogP contribution in [0.1, 0.15) is 44.1 Å². The van der Waals surface area contributed by atoms with Gasteiger partial charge in [-0.15, -0.1) is 0 Å². The van der Waals surface area contributed by atoms with E-state index in [0.717, 1.165) is 12.5 Å². The minimum absolute atomic E-state index is 0.241. The van der Waals surface area contributed by atoms with E-state index in [4.69, 9.17) is 11.6 Å². The van der Waals surface area contributed by atoms with Crippen LogP contribution in [0.15, 0.2) is 12.1 Å². The van der Waals surface area contributed by atoms with E-state index in [-0.39, 0.29) is 16.6 Å². The molecule has 0 saturated carbocycles. The van der Waals surface area contributed by atoms with Crippen LogP contribution >= 0.6 is 11.6 Å². The first-order chi connectivity index (χ1) is 8.25. The molecular weight excluding hydrogens is 267 g/mol. The molecule has 0 saturated heterocycles. The fourth-order valence-corrected chi connectivity index (χ4v) is 1.81. The number of hydrogen-bond donors (Lipinski definition) is 1. The van der Waals surface area contributed by atoms with Crippen molar-refractivity contribution in [2.45, 2.75) is 39.0 Å². The van der Waals surface area contributed by atoms with Crippen molar-refractivity contribution in [1.29, 1.82) is 0 Å². The highest BCUT2D eigenvalue weighted by Gasteiger charge is 2.33. The van der Waals surface area contributed by atoms with Crippen LogP contribution in [0, 0.1) is 5.92 Å². The van der Waals surface area contributed by atoms with Crippen LogP contribution < -0.4 is 0 Å². The second-order valence-corrected chi connectivity index (χ2v) is 4.70. The summed E-state index contributed by atoms with van der Waals surface area (Å²) in [5, 5.41) is 9.60. The molecule has 2 atom stereocenters. The van der Waals surface area contributed by atoms with Gasteiger partial charge < -0.3 is 5.11 Å². The molecule has 1 aromatic rings. The van der Waals surface area contributed by atoms with Gasteiger partial charge in [0.15, 0.2) is 0 Å². The van der Waals surface area contributed by atoms with E-state index in [1.165, 1.54) is 6.07 Å². The Balaban J connectivity index is 2.92. The van der Waals surface area contributed by atoms with Crippen LogP contribution in [0.25, 0.3) is 0 Å². The molecule has 1 aromatic heterocycles. The van der Waals surface area contributed by atoms with Crippen molar-refractivity contribution in [2.75, 3.05) is 0 Å². The third-order valence-corrected chi connectivity index (χ3v) is 3.15. The molecule has 0 radical (unpaired) electrons. The summed E-state index contributed by atoms with van der Waals surface area (Å²) < 4.78 is 37.1. The Morgan fingerprint density at radius 3 is 2.44 bits per heavy atom. The van der Waals surface area contributed by atoms with E-state index < -0.39 is 18.0 Å². The predicted octanol–water partition coefficient (Wildman–Crippen LogP) is 4.22. The molecule has 2 unspecified atom stereocenters. The normalized spacial score (nSPS) is 15.5. The SMILES string of the molecule is CCC(C)CC(O)c1ccc(C(F)(F)F)nc1Cl. The van der Waals surface area contributed by atoms with Crippen molar-refractivity contribution in [3.05, 3.63) is 28.5 Å². The lowest BCUT2D eigenvalue weighted by Crippen LogP contribution is -2.11. The maximum atomic E-state index is 12.4. The van der Waals surface area contributed by atoms with Crippen LogP contribution in [0.4, 0.5) is 13.2 Å². The van der Waals surface area contributed by atoms with E-state index >= 15 is 0 Å². The fourth-order valence-electron chi connectivity index (χ4n) is 1.53. The number of aliphatic hydroxyl groups is 1. The molecule has 0 amide bonds. The topological polar surface area (TPSA) is 33.1 Å². The lowest BCUT2D eigenvalue weighted by Gasteiger charge is -2.17. The molecule has 0 aliphatic heterocycles. The molecule has 18 heavy (non-hydrogen) atoms. The molecule has 0 spiro atoms. The van der Waals surface area contributed by atoms with E-state index in [1.807, 2.05) is 13.8 Å². The first-order valence-corrected chi connectivity index (χ1v) is 6.05. The largest absolute Gasteiger partial charge is 0.433 e. The molecule has 102 valence electrons. The monoisotopic (exact) mass is 281 g/mol. The number of nitrogens with zero attached hydrogens (tertiary/aromatic N) is 1. The van der Waals surface area contributed by atoms with Gasteiger partial charge in [0, 0.05) is 5.56 Å². The summed E-state index contributed by atoms with van der Waals surface area (Å²) in [6, 6.07) is 2.02. The Hall–Kier alpha value is -0.810. The standard InChI is InChI=1S/C12H15ClF3NO/c1-3-7(2)6-9(18)8-4-5-10(12(14,15)16)17-11(8)13/h4-5,7,9,18H,3,6H2,1-2H3. The van der Waals surface area contributed by atoms with Gasteiger partial charge >= 0.3 is 6.18 Å². The zero-order valence-corrected chi connectivity index (χ0v) is 10.9. The first-order valence-electron chi connectivity index (χ1n) is 5.67. The lowest BCUT2D eigenvalue weighted by molar-refractivity contribution is -0.141. The Bertz CT molecular complexity index is 409. The van der Waals surface area contributed by atoms with E-state index in [9.17, 15) is 18.3 Å². The zero-order valence-electron chi connectivity index (χ0n) is 10.1. The van der Waals surface area contributed by atoms with Gasteiger partial charge in [0.05, 0.1) is 6.10 Å². The molecule has 0 bridgehead atoms. The molecule has 1 N–H and O–H groups in total. The van der Waals surface area contributed by atoms with Gasteiger partial charge in [-0.1, -0.05) is 37.9 Å². The molecule has 2 nitrogen and oxygen atoms in total. The van der Waals surface area contributed by atoms with Crippen molar-refractivity contribution < 1.29 is 18.3 Å². The van der Waals surface area contributed by atoms with Gasteiger partial charge in [-0.05, 0) is 18.4 Å². The first kappa shape index (κ1) is 15.2. The Labute approximate surface area is 109 Å². The molecule has 0 fully saturated rings. The van der Waals surface area contributed by atoms with E-state index in [1.54, 1.807) is 0 Å². The average molecular weight is 282 g/mol. The van der Waals surface area contributed by atoms with Gasteiger partial charge in [-0.3, -0.25) is 0 Å². The van der Waals surface area contributed by atoms with Crippen molar-refractivity contribution in [2.24, 2.45) is 5.92 Å². The van der Waals surface area contributed by atoms with E-state index in [0.29, 0.717) is 6.42 Å². The summed E-state index contributed by atoms with van der Waals surface area (Å²) in [6.45, 7) is 3.93. The van der Waals surface area contributed by atoms with Crippen LogP contribution in [-0.2, 0) is 6.18 Å². The average Bonchev–Trinajstić information content (AvgIpc) is 2.27. The van der Waals surface area contributed by atoms with E-state index in [2.05, 4.69) is 4.98 Å². The quantitative estimate of drug-likeness (QED) is 0.838. The van der Waals surface area contributed by atoms with Crippen LogP contribution in [0.3, 0.4) is 0 Å². The molecule has 6 heteroatoms. The Morgan fingerprint density at radius 1 is 1.39 bits per heavy atom. The zero-order chi connectivity index (χ0) is 13.9. The van der Waals surface area contributed by atoms with Gasteiger partial charge in [0.25, 0.3) is 0 Å². The summed E-state index contributed by atoms with van der Waals surface area (Å²) in [5.41, 5.74) is -0.808. The minimum atomic E-state index is -4.52. The second kappa shape index (κ2) is 5.89. The van der Waals surface area contributed by atoms with Crippen LogP contribution in [0.2, 0.25) is 5.15 Å². The van der Waals surface area contributed by atoms with Gasteiger partial charge in [0.2, 0.25) is 0 Å². The maximum absolute atomic E-state index is 12.4. The molecule has 0 aliphatic carbocycles. The van der Waals surface area contributed by atoms with Crippen LogP contribution in [0.5, 0.6) is 0 Å². The highest BCUT2D eigenvalue weighted by molar-refractivity contribution is 6.30. The number of hydrogen-bond acceptors (Lipinski definition) is 2. The number of aromatic nitrogens is 1. The number of alkyl halides is 3. The molecule has 0 aromatic carbocycles. The number of aliphatic hydroxyl groups excluding tert-OH is 1. The smallest absolute Gasteiger partial charge is 0.388 e. The van der Waals surface area contributed by atoms with Gasteiger partial charge in [0.1, 0.15) is 10.8 Å². The Morgan fingerprint density at radius 2 is 2.00 bits per heavy atom. The molecule has 0 aliphatic rings. The number of rotatable bonds is 4. The molecular formula is C12H15ClF3NO. The van der Waals surface area contributed by atoms with Crippen molar-refractivity contribution in [3.63, 3.8) is 0 Å². The lowest BCUT2D eigenvalue weighted by atomic mass is 9.97. The van der Waals surface area contributed by atoms with Gasteiger partial charge in [-0.2, -0.15) is 13.2 Å². The third kappa shape index (κ3) is 3.85. The predicted molar refractivity (Wildman–Crippen MR) is 63.3 cm³/mol. The highest BCUT2D eigenvalue weighted by Crippen LogP contribution is 2.32. The molecule has 1 rings (SSSR count). The summed E-state index contributed by atoms with van der Waals surface area (Å²) in [6.07, 6.45) is -4.09. The summed E-state index contributed by atoms with van der Waals surface area (Å²) in [4.78, 5) is 3.28.